The molecule has 1 saturated heterocycles. The molecule has 0 spiro atoms. The van der Waals surface area contributed by atoms with Gasteiger partial charge in [0.2, 0.25) is 0 Å². The summed E-state index contributed by atoms with van der Waals surface area (Å²) in [7, 11) is 0. The fourth-order valence-electron chi connectivity index (χ4n) is 1.40. The second kappa shape index (κ2) is 4.10. The lowest BCUT2D eigenvalue weighted by molar-refractivity contribution is 0.0208. The lowest BCUT2D eigenvalue weighted by Crippen LogP contribution is -2.40. The number of rotatable bonds is 3. The Kier molecular flexibility index (Phi) is 2.81. The van der Waals surface area contributed by atoms with Crippen LogP contribution in [0.3, 0.4) is 0 Å². The summed E-state index contributed by atoms with van der Waals surface area (Å²) in [6.07, 6.45) is 1.39. The minimum Gasteiger partial charge on any atom is -0.377 e. The Morgan fingerprint density at radius 1 is 1.47 bits per heavy atom. The van der Waals surface area contributed by atoms with Gasteiger partial charge < -0.3 is 10.1 Å². The third-order valence-corrected chi connectivity index (χ3v) is 2.34. The van der Waals surface area contributed by atoms with Gasteiger partial charge in [-0.25, -0.2) is 14.4 Å². The zero-order valence-electron chi connectivity index (χ0n) is 8.83. The number of anilines is 1. The normalized spacial score (nSPS) is 16.5. The van der Waals surface area contributed by atoms with E-state index in [0.717, 1.165) is 0 Å². The first-order chi connectivity index (χ1) is 7.18. The third-order valence-electron chi connectivity index (χ3n) is 2.34. The van der Waals surface area contributed by atoms with Gasteiger partial charge in [0.05, 0.1) is 24.9 Å². The third kappa shape index (κ3) is 2.07. The van der Waals surface area contributed by atoms with Crippen molar-refractivity contribution in [3.63, 3.8) is 0 Å². The van der Waals surface area contributed by atoms with Gasteiger partial charge >= 0.3 is 0 Å². The van der Waals surface area contributed by atoms with Crippen molar-refractivity contribution >= 4 is 5.82 Å². The fourth-order valence-corrected chi connectivity index (χ4v) is 1.40. The second-order valence-electron chi connectivity index (χ2n) is 3.95. The van der Waals surface area contributed by atoms with Crippen molar-refractivity contribution in [2.75, 3.05) is 18.5 Å². The highest BCUT2D eigenvalue weighted by molar-refractivity contribution is 5.39. The van der Waals surface area contributed by atoms with E-state index in [9.17, 15) is 4.39 Å². The highest BCUT2D eigenvalue weighted by Gasteiger charge is 2.21. The molecule has 1 aliphatic rings. The number of hydrogen-bond acceptors (Lipinski definition) is 4. The SMILES string of the molecule is CC(C)c1ncnc(NC2COC2)c1F. The first-order valence-corrected chi connectivity index (χ1v) is 5.03. The molecule has 1 aromatic heterocycles. The molecule has 0 saturated carbocycles. The smallest absolute Gasteiger partial charge is 0.187 e. The Morgan fingerprint density at radius 2 is 2.20 bits per heavy atom. The molecule has 0 atom stereocenters. The summed E-state index contributed by atoms with van der Waals surface area (Å²) in [6.45, 7) is 5.03. The molecule has 15 heavy (non-hydrogen) atoms. The summed E-state index contributed by atoms with van der Waals surface area (Å²) in [4.78, 5) is 7.82. The molecule has 2 rings (SSSR count). The Hall–Kier alpha value is -1.23. The number of ether oxygens (including phenoxy) is 1. The maximum absolute atomic E-state index is 13.8. The zero-order valence-corrected chi connectivity index (χ0v) is 8.83. The molecule has 1 fully saturated rings. The van der Waals surface area contributed by atoms with Crippen LogP contribution < -0.4 is 5.32 Å². The van der Waals surface area contributed by atoms with Crippen molar-refractivity contribution in [1.29, 1.82) is 0 Å². The van der Waals surface area contributed by atoms with Gasteiger partial charge in [-0.05, 0) is 5.92 Å². The predicted molar refractivity (Wildman–Crippen MR) is 54.3 cm³/mol. The van der Waals surface area contributed by atoms with Gasteiger partial charge in [0.1, 0.15) is 6.33 Å². The Balaban J connectivity index is 2.19. The molecule has 0 aromatic carbocycles. The number of halogens is 1. The van der Waals surface area contributed by atoms with Crippen LogP contribution in [0.2, 0.25) is 0 Å². The van der Waals surface area contributed by atoms with Crippen LogP contribution in [0.5, 0.6) is 0 Å². The molecule has 0 unspecified atom stereocenters. The van der Waals surface area contributed by atoms with Crippen LogP contribution >= 0.6 is 0 Å². The number of hydrogen-bond donors (Lipinski definition) is 1. The molecule has 82 valence electrons. The summed E-state index contributed by atoms with van der Waals surface area (Å²) in [5.74, 6) is -0.00686. The Morgan fingerprint density at radius 3 is 2.73 bits per heavy atom. The summed E-state index contributed by atoms with van der Waals surface area (Å²) in [5, 5.41) is 2.99. The molecule has 1 N–H and O–H groups in total. The first kappa shape index (κ1) is 10.3. The van der Waals surface area contributed by atoms with E-state index < -0.39 is 0 Å². The maximum atomic E-state index is 13.8. The van der Waals surface area contributed by atoms with Gasteiger partial charge in [-0.2, -0.15) is 0 Å². The van der Waals surface area contributed by atoms with Crippen molar-refractivity contribution in [2.45, 2.75) is 25.8 Å². The number of aromatic nitrogens is 2. The maximum Gasteiger partial charge on any atom is 0.187 e. The average molecular weight is 211 g/mol. The van der Waals surface area contributed by atoms with Crippen molar-refractivity contribution < 1.29 is 9.13 Å². The Labute approximate surface area is 87.9 Å². The van der Waals surface area contributed by atoms with Crippen LogP contribution in [0.25, 0.3) is 0 Å². The first-order valence-electron chi connectivity index (χ1n) is 5.03. The summed E-state index contributed by atoms with van der Waals surface area (Å²) < 4.78 is 18.8. The minimum absolute atomic E-state index is 0.0613. The molecule has 0 amide bonds. The van der Waals surface area contributed by atoms with Crippen molar-refractivity contribution in [3.8, 4) is 0 Å². The molecule has 1 aliphatic heterocycles. The van der Waals surface area contributed by atoms with Crippen LogP contribution in [-0.2, 0) is 4.74 Å². The second-order valence-corrected chi connectivity index (χ2v) is 3.95. The van der Waals surface area contributed by atoms with E-state index in [4.69, 9.17) is 4.74 Å². The number of nitrogens with one attached hydrogen (secondary N) is 1. The zero-order chi connectivity index (χ0) is 10.8. The van der Waals surface area contributed by atoms with Crippen molar-refractivity contribution in [2.24, 2.45) is 0 Å². The lowest BCUT2D eigenvalue weighted by atomic mass is 10.1. The van der Waals surface area contributed by atoms with Gasteiger partial charge in [0.25, 0.3) is 0 Å². The van der Waals surface area contributed by atoms with Crippen LogP contribution in [0.15, 0.2) is 6.33 Å². The van der Waals surface area contributed by atoms with E-state index in [1.165, 1.54) is 6.33 Å². The highest BCUT2D eigenvalue weighted by Crippen LogP contribution is 2.21. The van der Waals surface area contributed by atoms with Crippen molar-refractivity contribution in [3.05, 3.63) is 17.8 Å². The van der Waals surface area contributed by atoms with E-state index in [0.29, 0.717) is 18.9 Å². The highest BCUT2D eigenvalue weighted by atomic mass is 19.1. The monoisotopic (exact) mass is 211 g/mol. The fraction of sp³-hybridized carbons (Fsp3) is 0.600. The van der Waals surface area contributed by atoms with E-state index >= 15 is 0 Å². The lowest BCUT2D eigenvalue weighted by Gasteiger charge is -2.27. The van der Waals surface area contributed by atoms with E-state index in [2.05, 4.69) is 15.3 Å². The molecular formula is C10H14FN3O. The summed E-state index contributed by atoms with van der Waals surface area (Å²) in [5.41, 5.74) is 0.452. The molecule has 1 aromatic rings. The largest absolute Gasteiger partial charge is 0.377 e. The average Bonchev–Trinajstić information content (AvgIpc) is 2.13. The predicted octanol–water partition coefficient (Wildman–Crippen LogP) is 1.55. The molecule has 4 nitrogen and oxygen atoms in total. The minimum atomic E-state index is -0.348. The molecule has 5 heteroatoms. The van der Waals surface area contributed by atoms with Crippen LogP contribution in [0.1, 0.15) is 25.5 Å². The standard InChI is InChI=1S/C10H14FN3O/c1-6(2)9-8(11)10(13-5-12-9)14-7-3-15-4-7/h5-7H,3-4H2,1-2H3,(H,12,13,14). The van der Waals surface area contributed by atoms with E-state index in [1.807, 2.05) is 13.8 Å². The van der Waals surface area contributed by atoms with Gasteiger partial charge in [-0.1, -0.05) is 13.8 Å². The van der Waals surface area contributed by atoms with Gasteiger partial charge in [0, 0.05) is 0 Å². The molecule has 0 bridgehead atoms. The van der Waals surface area contributed by atoms with Gasteiger partial charge in [-0.15, -0.1) is 0 Å². The Bertz CT molecular complexity index is 353. The summed E-state index contributed by atoms with van der Waals surface area (Å²) in [6, 6.07) is 0.175. The topological polar surface area (TPSA) is 47.0 Å². The van der Waals surface area contributed by atoms with E-state index in [1.54, 1.807) is 0 Å². The van der Waals surface area contributed by atoms with Crippen molar-refractivity contribution in [1.82, 2.24) is 9.97 Å². The molecule has 0 aliphatic carbocycles. The van der Waals surface area contributed by atoms with Crippen LogP contribution in [0, 0.1) is 5.82 Å². The van der Waals surface area contributed by atoms with Gasteiger partial charge in [-0.3, -0.25) is 0 Å². The molecular weight excluding hydrogens is 197 g/mol. The number of nitrogens with zero attached hydrogens (tertiary/aromatic N) is 2. The quantitative estimate of drug-likeness (QED) is 0.824. The van der Waals surface area contributed by atoms with Gasteiger partial charge in [0.15, 0.2) is 11.6 Å². The van der Waals surface area contributed by atoms with Crippen LogP contribution in [-0.4, -0.2) is 29.2 Å². The van der Waals surface area contributed by atoms with Crippen LogP contribution in [0.4, 0.5) is 10.2 Å². The summed E-state index contributed by atoms with van der Waals surface area (Å²) >= 11 is 0. The molecule has 2 heterocycles. The van der Waals surface area contributed by atoms with E-state index in [-0.39, 0.29) is 23.6 Å². The molecule has 0 radical (unpaired) electrons.